The van der Waals surface area contributed by atoms with Crippen LogP contribution in [0.25, 0.3) is 0 Å². The van der Waals surface area contributed by atoms with Crippen LogP contribution in [0.4, 0.5) is 11.4 Å². The van der Waals surface area contributed by atoms with Gasteiger partial charge in [0.05, 0.1) is 4.90 Å². The largest absolute Gasteiger partial charge is 0.326 e. The summed E-state index contributed by atoms with van der Waals surface area (Å²) in [6.07, 6.45) is 0.646. The second kappa shape index (κ2) is 8.12. The fourth-order valence-corrected chi connectivity index (χ4v) is 4.20. The van der Waals surface area contributed by atoms with Crippen LogP contribution in [0.5, 0.6) is 0 Å². The number of carbonyl (C=O) groups excluding carboxylic acids is 2. The van der Waals surface area contributed by atoms with Crippen LogP contribution < -0.4 is 14.9 Å². The lowest BCUT2D eigenvalue weighted by atomic mass is 10.2. The van der Waals surface area contributed by atoms with Gasteiger partial charge in [-0.05, 0) is 49.2 Å². The SMILES string of the molecule is CC(=O)N1CCc2cc(S(=O)(=O)NCCC(=O)Nc3ccc(C)cc3)ccc21. The number of rotatable bonds is 6. The van der Waals surface area contributed by atoms with E-state index in [9.17, 15) is 18.0 Å². The van der Waals surface area contributed by atoms with Crippen molar-refractivity contribution in [3.63, 3.8) is 0 Å². The highest BCUT2D eigenvalue weighted by molar-refractivity contribution is 7.89. The standard InChI is InChI=1S/C20H23N3O4S/c1-14-3-5-17(6-4-14)22-20(25)9-11-21-28(26,27)18-7-8-19-16(13-18)10-12-23(19)15(2)24/h3-8,13,21H,9-12H2,1-2H3,(H,22,25). The zero-order valence-electron chi connectivity index (χ0n) is 15.9. The molecule has 0 aliphatic carbocycles. The second-order valence-electron chi connectivity index (χ2n) is 6.77. The maximum absolute atomic E-state index is 12.5. The van der Waals surface area contributed by atoms with Crippen LogP contribution in [0, 0.1) is 6.92 Å². The molecule has 7 nitrogen and oxygen atoms in total. The molecular formula is C20H23N3O4S. The quantitative estimate of drug-likeness (QED) is 0.776. The number of nitrogens with zero attached hydrogens (tertiary/aromatic N) is 1. The van der Waals surface area contributed by atoms with Gasteiger partial charge >= 0.3 is 0 Å². The summed E-state index contributed by atoms with van der Waals surface area (Å²) in [5.74, 6) is -0.329. The number of carbonyl (C=O) groups is 2. The molecule has 28 heavy (non-hydrogen) atoms. The zero-order valence-corrected chi connectivity index (χ0v) is 16.7. The summed E-state index contributed by atoms with van der Waals surface area (Å²) in [4.78, 5) is 25.4. The van der Waals surface area contributed by atoms with Gasteiger partial charge in [-0.2, -0.15) is 0 Å². The first-order chi connectivity index (χ1) is 13.3. The predicted molar refractivity (Wildman–Crippen MR) is 108 cm³/mol. The molecule has 2 amide bonds. The lowest BCUT2D eigenvalue weighted by molar-refractivity contribution is -0.117. The summed E-state index contributed by atoms with van der Waals surface area (Å²) >= 11 is 0. The van der Waals surface area contributed by atoms with Crippen molar-refractivity contribution in [1.82, 2.24) is 4.72 Å². The Hall–Kier alpha value is -2.71. The lowest BCUT2D eigenvalue weighted by Crippen LogP contribution is -2.28. The van der Waals surface area contributed by atoms with E-state index in [0.717, 1.165) is 16.8 Å². The highest BCUT2D eigenvalue weighted by Gasteiger charge is 2.24. The molecule has 0 saturated carbocycles. The summed E-state index contributed by atoms with van der Waals surface area (Å²) < 4.78 is 27.5. The molecule has 0 unspecified atom stereocenters. The van der Waals surface area contributed by atoms with Crippen LogP contribution in [0.3, 0.4) is 0 Å². The number of sulfonamides is 1. The van der Waals surface area contributed by atoms with Crippen molar-refractivity contribution in [3.8, 4) is 0 Å². The van der Waals surface area contributed by atoms with E-state index < -0.39 is 10.0 Å². The van der Waals surface area contributed by atoms with E-state index in [1.807, 2.05) is 19.1 Å². The minimum atomic E-state index is -3.73. The number of hydrogen-bond donors (Lipinski definition) is 2. The molecule has 0 aromatic heterocycles. The Morgan fingerprint density at radius 3 is 2.50 bits per heavy atom. The maximum Gasteiger partial charge on any atom is 0.240 e. The molecule has 0 saturated heterocycles. The second-order valence-corrected chi connectivity index (χ2v) is 8.54. The van der Waals surface area contributed by atoms with Crippen molar-refractivity contribution < 1.29 is 18.0 Å². The number of fused-ring (bicyclic) bond motifs is 1. The van der Waals surface area contributed by atoms with E-state index in [1.165, 1.54) is 13.0 Å². The summed E-state index contributed by atoms with van der Waals surface area (Å²) in [5, 5.41) is 2.73. The van der Waals surface area contributed by atoms with Gasteiger partial charge in [-0.3, -0.25) is 9.59 Å². The van der Waals surface area contributed by atoms with Crippen molar-refractivity contribution in [2.45, 2.75) is 31.6 Å². The van der Waals surface area contributed by atoms with Crippen LogP contribution >= 0.6 is 0 Å². The first kappa shape index (κ1) is 20.0. The fraction of sp³-hybridized carbons (Fsp3) is 0.300. The predicted octanol–water partition coefficient (Wildman–Crippen LogP) is 2.21. The van der Waals surface area contributed by atoms with E-state index in [2.05, 4.69) is 10.0 Å². The average Bonchev–Trinajstić information content (AvgIpc) is 3.07. The minimum absolute atomic E-state index is 0.00329. The Labute approximate surface area is 164 Å². The molecule has 2 aromatic carbocycles. The first-order valence-corrected chi connectivity index (χ1v) is 10.5. The number of hydrogen-bond acceptors (Lipinski definition) is 4. The Morgan fingerprint density at radius 1 is 1.11 bits per heavy atom. The van der Waals surface area contributed by atoms with Crippen molar-refractivity contribution in [1.29, 1.82) is 0 Å². The maximum atomic E-state index is 12.5. The van der Waals surface area contributed by atoms with Gasteiger partial charge in [-0.25, -0.2) is 13.1 Å². The van der Waals surface area contributed by atoms with Crippen LogP contribution in [-0.2, 0) is 26.0 Å². The molecule has 0 spiro atoms. The number of amides is 2. The molecule has 8 heteroatoms. The molecule has 0 fully saturated rings. The van der Waals surface area contributed by atoms with Gasteiger partial charge in [0.1, 0.15) is 0 Å². The number of anilines is 2. The van der Waals surface area contributed by atoms with E-state index in [0.29, 0.717) is 18.7 Å². The lowest BCUT2D eigenvalue weighted by Gasteiger charge is -2.15. The number of aryl methyl sites for hydroxylation is 1. The molecule has 0 atom stereocenters. The van der Waals surface area contributed by atoms with Gasteiger partial charge in [0.25, 0.3) is 0 Å². The van der Waals surface area contributed by atoms with Crippen LogP contribution in [0.2, 0.25) is 0 Å². The monoisotopic (exact) mass is 401 g/mol. The highest BCUT2D eigenvalue weighted by Crippen LogP contribution is 2.30. The fourth-order valence-electron chi connectivity index (χ4n) is 3.12. The van der Waals surface area contributed by atoms with Crippen LogP contribution in [0.15, 0.2) is 47.4 Å². The number of nitrogens with one attached hydrogen (secondary N) is 2. The summed E-state index contributed by atoms with van der Waals surface area (Å²) in [6.45, 7) is 4.00. The molecule has 0 bridgehead atoms. The van der Waals surface area contributed by atoms with E-state index in [4.69, 9.17) is 0 Å². The Kier molecular flexibility index (Phi) is 5.81. The first-order valence-electron chi connectivity index (χ1n) is 9.03. The molecule has 3 rings (SSSR count). The zero-order chi connectivity index (χ0) is 20.3. The smallest absolute Gasteiger partial charge is 0.240 e. The van der Waals surface area contributed by atoms with Crippen LogP contribution in [-0.4, -0.2) is 33.3 Å². The van der Waals surface area contributed by atoms with Crippen molar-refractivity contribution >= 4 is 33.2 Å². The summed E-state index contributed by atoms with van der Waals surface area (Å²) in [7, 11) is -3.73. The summed E-state index contributed by atoms with van der Waals surface area (Å²) in [5.41, 5.74) is 3.35. The van der Waals surface area contributed by atoms with Gasteiger partial charge in [-0.1, -0.05) is 17.7 Å². The highest BCUT2D eigenvalue weighted by atomic mass is 32.2. The minimum Gasteiger partial charge on any atom is -0.326 e. The van der Waals surface area contributed by atoms with Gasteiger partial charge in [0.15, 0.2) is 0 Å². The van der Waals surface area contributed by atoms with E-state index >= 15 is 0 Å². The van der Waals surface area contributed by atoms with Gasteiger partial charge in [-0.15, -0.1) is 0 Å². The van der Waals surface area contributed by atoms with Crippen LogP contribution in [0.1, 0.15) is 24.5 Å². The molecule has 1 aliphatic heterocycles. The summed E-state index contributed by atoms with van der Waals surface area (Å²) in [6, 6.07) is 12.1. The molecule has 1 heterocycles. The topological polar surface area (TPSA) is 95.6 Å². The third-order valence-electron chi connectivity index (χ3n) is 4.62. The van der Waals surface area contributed by atoms with Gasteiger partial charge < -0.3 is 10.2 Å². The van der Waals surface area contributed by atoms with Gasteiger partial charge in [0.2, 0.25) is 21.8 Å². The van der Waals surface area contributed by atoms with Crippen molar-refractivity contribution in [2.24, 2.45) is 0 Å². The normalized spacial score (nSPS) is 13.3. The third-order valence-corrected chi connectivity index (χ3v) is 6.08. The molecule has 0 radical (unpaired) electrons. The van der Waals surface area contributed by atoms with Crippen molar-refractivity contribution in [2.75, 3.05) is 23.3 Å². The molecule has 148 valence electrons. The molecular weight excluding hydrogens is 378 g/mol. The Bertz CT molecular complexity index is 1000. The van der Waals surface area contributed by atoms with Gasteiger partial charge in [0, 0.05) is 37.8 Å². The molecule has 2 N–H and O–H groups in total. The molecule has 1 aliphatic rings. The third kappa shape index (κ3) is 4.58. The Morgan fingerprint density at radius 2 is 1.82 bits per heavy atom. The van der Waals surface area contributed by atoms with E-state index in [-0.39, 0.29) is 29.7 Å². The average molecular weight is 401 g/mol. The van der Waals surface area contributed by atoms with Crippen molar-refractivity contribution in [3.05, 3.63) is 53.6 Å². The molecule has 2 aromatic rings. The number of benzene rings is 2. The Balaban J connectivity index is 1.58. The van der Waals surface area contributed by atoms with E-state index in [1.54, 1.807) is 29.2 Å².